The fourth-order valence-corrected chi connectivity index (χ4v) is 2.61. The standard InChI is InChI=1S/C17H21BO2/c1-13(15-7-4-3-5-8-15)11-14(2)16-9-6-10-17(12-16)18(19)20/h3-10,12-14,19-20H,11H2,1-2H3. The maximum atomic E-state index is 9.25. The van der Waals surface area contributed by atoms with Gasteiger partial charge in [-0.3, -0.25) is 0 Å². The van der Waals surface area contributed by atoms with Crippen LogP contribution >= 0.6 is 0 Å². The zero-order chi connectivity index (χ0) is 14.5. The molecule has 2 nitrogen and oxygen atoms in total. The number of rotatable bonds is 5. The summed E-state index contributed by atoms with van der Waals surface area (Å²) < 4.78 is 0. The highest BCUT2D eigenvalue weighted by molar-refractivity contribution is 6.58. The summed E-state index contributed by atoms with van der Waals surface area (Å²) in [4.78, 5) is 0. The minimum Gasteiger partial charge on any atom is -0.423 e. The van der Waals surface area contributed by atoms with Gasteiger partial charge in [0.1, 0.15) is 0 Å². The van der Waals surface area contributed by atoms with Gasteiger partial charge in [-0.15, -0.1) is 0 Å². The summed E-state index contributed by atoms with van der Waals surface area (Å²) in [5.74, 6) is 0.859. The van der Waals surface area contributed by atoms with E-state index < -0.39 is 7.12 Å². The maximum Gasteiger partial charge on any atom is 0.488 e. The minimum atomic E-state index is -1.39. The molecule has 0 aliphatic heterocycles. The summed E-state index contributed by atoms with van der Waals surface area (Å²) in [6.07, 6.45) is 1.04. The summed E-state index contributed by atoms with van der Waals surface area (Å²) >= 11 is 0. The van der Waals surface area contributed by atoms with Crippen molar-refractivity contribution in [1.82, 2.24) is 0 Å². The average Bonchev–Trinajstić information content (AvgIpc) is 2.48. The largest absolute Gasteiger partial charge is 0.488 e. The van der Waals surface area contributed by atoms with Crippen LogP contribution in [0.3, 0.4) is 0 Å². The summed E-state index contributed by atoms with van der Waals surface area (Å²) in [7, 11) is -1.39. The topological polar surface area (TPSA) is 40.5 Å². The van der Waals surface area contributed by atoms with Gasteiger partial charge in [0.15, 0.2) is 0 Å². The van der Waals surface area contributed by atoms with E-state index in [9.17, 15) is 10.0 Å². The van der Waals surface area contributed by atoms with Crippen LogP contribution in [0.2, 0.25) is 0 Å². The lowest BCUT2D eigenvalue weighted by Gasteiger charge is -2.18. The van der Waals surface area contributed by atoms with Crippen molar-refractivity contribution in [2.45, 2.75) is 32.1 Å². The molecule has 0 aliphatic rings. The van der Waals surface area contributed by atoms with Gasteiger partial charge in [-0.1, -0.05) is 68.4 Å². The Bertz CT molecular complexity index is 540. The molecular formula is C17H21BO2. The first-order valence-electron chi connectivity index (χ1n) is 7.09. The van der Waals surface area contributed by atoms with Crippen LogP contribution < -0.4 is 5.46 Å². The van der Waals surface area contributed by atoms with Crippen molar-refractivity contribution in [1.29, 1.82) is 0 Å². The van der Waals surface area contributed by atoms with Gasteiger partial charge in [0, 0.05) is 0 Å². The summed E-state index contributed by atoms with van der Waals surface area (Å²) in [6, 6.07) is 18.0. The third-order valence-electron chi connectivity index (χ3n) is 3.85. The van der Waals surface area contributed by atoms with Crippen LogP contribution in [0.25, 0.3) is 0 Å². The molecule has 2 aromatic carbocycles. The van der Waals surface area contributed by atoms with E-state index in [1.165, 1.54) is 5.56 Å². The smallest absolute Gasteiger partial charge is 0.423 e. The molecule has 0 bridgehead atoms. The lowest BCUT2D eigenvalue weighted by molar-refractivity contribution is 0.425. The molecule has 2 rings (SSSR count). The van der Waals surface area contributed by atoms with Crippen LogP contribution in [-0.4, -0.2) is 17.2 Å². The highest BCUT2D eigenvalue weighted by Gasteiger charge is 2.15. The Hall–Kier alpha value is -1.58. The van der Waals surface area contributed by atoms with Gasteiger partial charge in [-0.2, -0.15) is 0 Å². The Morgan fingerprint density at radius 1 is 0.850 bits per heavy atom. The Morgan fingerprint density at radius 2 is 1.45 bits per heavy atom. The zero-order valence-electron chi connectivity index (χ0n) is 12.0. The van der Waals surface area contributed by atoms with E-state index in [0.29, 0.717) is 17.3 Å². The van der Waals surface area contributed by atoms with Crippen LogP contribution in [-0.2, 0) is 0 Å². The monoisotopic (exact) mass is 268 g/mol. The van der Waals surface area contributed by atoms with Crippen molar-refractivity contribution in [3.05, 3.63) is 65.7 Å². The van der Waals surface area contributed by atoms with E-state index >= 15 is 0 Å². The van der Waals surface area contributed by atoms with E-state index in [1.54, 1.807) is 6.07 Å². The van der Waals surface area contributed by atoms with Crippen molar-refractivity contribution in [2.75, 3.05) is 0 Å². The Balaban J connectivity index is 2.08. The van der Waals surface area contributed by atoms with E-state index in [4.69, 9.17) is 0 Å². The molecule has 0 aromatic heterocycles. The summed E-state index contributed by atoms with van der Waals surface area (Å²) in [5, 5.41) is 18.5. The third-order valence-corrected chi connectivity index (χ3v) is 3.85. The van der Waals surface area contributed by atoms with E-state index in [1.807, 2.05) is 24.3 Å². The van der Waals surface area contributed by atoms with Crippen LogP contribution in [0.15, 0.2) is 54.6 Å². The molecule has 2 unspecified atom stereocenters. The molecule has 0 saturated carbocycles. The Labute approximate surface area is 121 Å². The Morgan fingerprint density at radius 3 is 2.10 bits per heavy atom. The second-order valence-electron chi connectivity index (χ2n) is 5.49. The molecule has 0 amide bonds. The van der Waals surface area contributed by atoms with E-state index in [-0.39, 0.29) is 0 Å². The lowest BCUT2D eigenvalue weighted by Crippen LogP contribution is -2.30. The molecule has 0 saturated heterocycles. The zero-order valence-corrected chi connectivity index (χ0v) is 12.0. The lowest BCUT2D eigenvalue weighted by atomic mass is 9.77. The normalized spacial score (nSPS) is 13.8. The molecule has 104 valence electrons. The van der Waals surface area contributed by atoms with Gasteiger partial charge < -0.3 is 10.0 Å². The van der Waals surface area contributed by atoms with Crippen LogP contribution in [0.5, 0.6) is 0 Å². The fraction of sp³-hybridized carbons (Fsp3) is 0.294. The maximum absolute atomic E-state index is 9.25. The molecule has 2 aromatic rings. The quantitative estimate of drug-likeness (QED) is 0.818. The van der Waals surface area contributed by atoms with Gasteiger partial charge in [-0.25, -0.2) is 0 Å². The van der Waals surface area contributed by atoms with Crippen molar-refractivity contribution >= 4 is 12.6 Å². The predicted octanol–water partition coefficient (Wildman–Crippen LogP) is 2.66. The first-order valence-corrected chi connectivity index (χ1v) is 7.09. The van der Waals surface area contributed by atoms with Crippen LogP contribution in [0, 0.1) is 0 Å². The SMILES string of the molecule is CC(CC(C)c1cccc(B(O)O)c1)c1ccccc1. The average molecular weight is 268 g/mol. The van der Waals surface area contributed by atoms with Gasteiger partial charge >= 0.3 is 7.12 Å². The predicted molar refractivity (Wildman–Crippen MR) is 84.2 cm³/mol. The van der Waals surface area contributed by atoms with Gasteiger partial charge in [0.05, 0.1) is 0 Å². The van der Waals surface area contributed by atoms with Gasteiger partial charge in [0.2, 0.25) is 0 Å². The molecule has 0 aliphatic carbocycles. The Kier molecular flexibility index (Phi) is 4.99. The summed E-state index contributed by atoms with van der Waals surface area (Å²) in [6.45, 7) is 4.42. The molecule has 2 atom stereocenters. The van der Waals surface area contributed by atoms with Gasteiger partial charge in [-0.05, 0) is 34.8 Å². The van der Waals surface area contributed by atoms with E-state index in [2.05, 4.69) is 38.1 Å². The molecule has 0 fully saturated rings. The molecule has 20 heavy (non-hydrogen) atoms. The molecule has 0 radical (unpaired) electrons. The van der Waals surface area contributed by atoms with Crippen molar-refractivity contribution in [2.24, 2.45) is 0 Å². The van der Waals surface area contributed by atoms with Crippen molar-refractivity contribution in [3.63, 3.8) is 0 Å². The number of hydrogen-bond acceptors (Lipinski definition) is 2. The number of benzene rings is 2. The second-order valence-corrected chi connectivity index (χ2v) is 5.49. The van der Waals surface area contributed by atoms with Crippen molar-refractivity contribution in [3.8, 4) is 0 Å². The first-order chi connectivity index (χ1) is 9.58. The number of hydrogen-bond donors (Lipinski definition) is 2. The molecule has 0 heterocycles. The van der Waals surface area contributed by atoms with Crippen LogP contribution in [0.4, 0.5) is 0 Å². The first kappa shape index (κ1) is 14.8. The van der Waals surface area contributed by atoms with E-state index in [0.717, 1.165) is 12.0 Å². The molecule has 2 N–H and O–H groups in total. The molecule has 3 heteroatoms. The fourth-order valence-electron chi connectivity index (χ4n) is 2.61. The highest BCUT2D eigenvalue weighted by Crippen LogP contribution is 2.28. The third kappa shape index (κ3) is 3.72. The van der Waals surface area contributed by atoms with Crippen molar-refractivity contribution < 1.29 is 10.0 Å². The summed E-state index contributed by atoms with van der Waals surface area (Å²) in [5.41, 5.74) is 3.05. The molecular weight excluding hydrogens is 247 g/mol. The minimum absolute atomic E-state index is 0.379. The highest BCUT2D eigenvalue weighted by atomic mass is 16.4. The van der Waals surface area contributed by atoms with Crippen LogP contribution in [0.1, 0.15) is 43.2 Å². The second kappa shape index (κ2) is 6.73. The van der Waals surface area contributed by atoms with Gasteiger partial charge in [0.25, 0.3) is 0 Å². The molecule has 0 spiro atoms.